The Bertz CT molecular complexity index is 76.5. The number of rotatable bonds is 0. The van der Waals surface area contributed by atoms with Gasteiger partial charge in [-0.25, -0.2) is 0 Å². The first kappa shape index (κ1) is 6.01. The van der Waals surface area contributed by atoms with Gasteiger partial charge in [-0.05, 0) is 14.0 Å². The van der Waals surface area contributed by atoms with Crippen LogP contribution < -0.4 is 5.06 Å². The van der Waals surface area contributed by atoms with Gasteiger partial charge in [0.25, 0.3) is 0 Å². The monoisotopic (exact) mass is 116 g/mol. The normalized spacial score (nSPS) is 40.9. The largest absolute Gasteiger partial charge is 0.633 e. The maximum Gasteiger partial charge on any atom is 0.133 e. The van der Waals surface area contributed by atoms with Gasteiger partial charge in [0.2, 0.25) is 0 Å². The molecule has 0 aromatic carbocycles. The lowest BCUT2D eigenvalue weighted by atomic mass is 10.3. The predicted octanol–water partition coefficient (Wildman–Crippen LogP) is -1.34. The average Bonchev–Trinajstić information content (AvgIpc) is 1.85. The molecule has 48 valence electrons. The predicted molar refractivity (Wildman–Crippen MR) is 31.3 cm³/mol. The molecule has 1 aliphatic heterocycles. The van der Waals surface area contributed by atoms with Crippen molar-refractivity contribution in [2.24, 2.45) is 0 Å². The van der Waals surface area contributed by atoms with Gasteiger partial charge in [0.05, 0.1) is 12.6 Å². The molecule has 2 atom stereocenters. The molecule has 1 heterocycles. The molecule has 0 bridgehead atoms. The van der Waals surface area contributed by atoms with Crippen molar-refractivity contribution >= 4 is 0 Å². The van der Waals surface area contributed by atoms with E-state index in [1.54, 1.807) is 0 Å². The van der Waals surface area contributed by atoms with Gasteiger partial charge in [0.15, 0.2) is 0 Å². The van der Waals surface area contributed by atoms with Crippen molar-refractivity contribution in [3.05, 3.63) is 5.21 Å². The van der Waals surface area contributed by atoms with Gasteiger partial charge >= 0.3 is 0 Å². The van der Waals surface area contributed by atoms with Crippen LogP contribution >= 0.6 is 0 Å². The summed E-state index contributed by atoms with van der Waals surface area (Å²) in [4.78, 5) is 2.07. The third kappa shape index (κ3) is 0.992. The first-order valence-electron chi connectivity index (χ1n) is 2.92. The number of nitrogens with zero attached hydrogens (tertiary/aromatic N) is 1. The summed E-state index contributed by atoms with van der Waals surface area (Å²) in [7, 11) is 1.98. The number of hydrogen-bond donors (Lipinski definition) is 1. The summed E-state index contributed by atoms with van der Waals surface area (Å²) in [6.07, 6.45) is 0. The molecule has 1 aliphatic rings. The first-order valence-corrected chi connectivity index (χ1v) is 2.92. The van der Waals surface area contributed by atoms with Gasteiger partial charge in [-0.2, -0.15) is 0 Å². The highest BCUT2D eigenvalue weighted by atomic mass is 16.5. The lowest BCUT2D eigenvalue weighted by molar-refractivity contribution is -0.839. The molecule has 1 fully saturated rings. The summed E-state index contributed by atoms with van der Waals surface area (Å²) in [6.45, 7) is 3.47. The molecule has 0 aromatic rings. The Morgan fingerprint density at radius 2 is 2.38 bits per heavy atom. The average molecular weight is 116 g/mol. The molecule has 0 radical (unpaired) electrons. The van der Waals surface area contributed by atoms with Crippen LogP contribution in [0.3, 0.4) is 0 Å². The smallest absolute Gasteiger partial charge is 0.133 e. The van der Waals surface area contributed by atoms with Crippen molar-refractivity contribution in [1.29, 1.82) is 0 Å². The second kappa shape index (κ2) is 2.01. The molecular formula is C5H12N2O. The fraction of sp³-hybridized carbons (Fsp3) is 1.00. The van der Waals surface area contributed by atoms with Crippen LogP contribution in [0, 0.1) is 5.21 Å². The molecule has 1 N–H and O–H groups in total. The van der Waals surface area contributed by atoms with Gasteiger partial charge in [0, 0.05) is 0 Å². The quantitative estimate of drug-likeness (QED) is 0.397. The van der Waals surface area contributed by atoms with Crippen LogP contribution in [0.15, 0.2) is 0 Å². The minimum atomic E-state index is 0.375. The summed E-state index contributed by atoms with van der Waals surface area (Å²) in [6, 6.07) is 0.475. The van der Waals surface area contributed by atoms with Crippen LogP contribution in [-0.4, -0.2) is 31.2 Å². The summed E-state index contributed by atoms with van der Waals surface area (Å²) >= 11 is 0. The Morgan fingerprint density at radius 1 is 1.75 bits per heavy atom. The summed E-state index contributed by atoms with van der Waals surface area (Å²) in [5.41, 5.74) is 0. The third-order valence-corrected chi connectivity index (χ3v) is 1.70. The highest BCUT2D eigenvalue weighted by molar-refractivity contribution is 4.62. The minimum Gasteiger partial charge on any atom is -0.633 e. The van der Waals surface area contributed by atoms with E-state index in [9.17, 15) is 5.21 Å². The van der Waals surface area contributed by atoms with Crippen molar-refractivity contribution in [2.45, 2.75) is 13.0 Å². The second-order valence-electron chi connectivity index (χ2n) is 2.51. The van der Waals surface area contributed by atoms with E-state index in [0.717, 1.165) is 6.54 Å². The molecule has 8 heavy (non-hydrogen) atoms. The zero-order valence-electron chi connectivity index (χ0n) is 5.35. The van der Waals surface area contributed by atoms with Crippen LogP contribution in [-0.2, 0) is 0 Å². The van der Waals surface area contributed by atoms with Gasteiger partial charge < -0.3 is 10.3 Å². The number of quaternary nitrogens is 1. The maximum atomic E-state index is 10.6. The summed E-state index contributed by atoms with van der Waals surface area (Å²) in [5, 5.41) is 11.0. The van der Waals surface area contributed by atoms with Crippen molar-refractivity contribution in [3.8, 4) is 0 Å². The molecule has 2 unspecified atom stereocenters. The van der Waals surface area contributed by atoms with E-state index >= 15 is 0 Å². The van der Waals surface area contributed by atoms with Gasteiger partial charge in [-0.1, -0.05) is 0 Å². The topological polar surface area (TPSA) is 30.7 Å². The van der Waals surface area contributed by atoms with E-state index in [-0.39, 0.29) is 0 Å². The molecule has 0 aliphatic carbocycles. The van der Waals surface area contributed by atoms with Crippen molar-refractivity contribution in [3.63, 3.8) is 0 Å². The first-order chi connectivity index (χ1) is 3.70. The van der Waals surface area contributed by atoms with Gasteiger partial charge in [-0.15, -0.1) is 0 Å². The van der Waals surface area contributed by atoms with E-state index in [4.69, 9.17) is 0 Å². The van der Waals surface area contributed by atoms with E-state index in [1.165, 1.54) is 0 Å². The fourth-order valence-corrected chi connectivity index (χ4v) is 0.984. The van der Waals surface area contributed by atoms with Crippen LogP contribution in [0.4, 0.5) is 0 Å². The fourth-order valence-electron chi connectivity index (χ4n) is 0.984. The zero-order chi connectivity index (χ0) is 6.15. The van der Waals surface area contributed by atoms with Crippen LogP contribution in [0.1, 0.15) is 6.92 Å². The van der Waals surface area contributed by atoms with E-state index in [0.29, 0.717) is 17.8 Å². The number of hydrogen-bond acceptors (Lipinski definition) is 2. The number of hydroxylamine groups is 2. The van der Waals surface area contributed by atoms with Gasteiger partial charge in [-0.3, -0.25) is 4.90 Å². The Hall–Kier alpha value is -0.120. The molecule has 3 heteroatoms. The zero-order valence-corrected chi connectivity index (χ0v) is 5.35. The highest BCUT2D eigenvalue weighted by Crippen LogP contribution is 1.92. The van der Waals surface area contributed by atoms with Crippen LogP contribution in [0.2, 0.25) is 0 Å². The maximum absolute atomic E-state index is 10.6. The highest BCUT2D eigenvalue weighted by Gasteiger charge is 2.21. The number of nitrogens with one attached hydrogen (secondary N) is 1. The lowest BCUT2D eigenvalue weighted by Gasteiger charge is -2.13. The van der Waals surface area contributed by atoms with Crippen LogP contribution in [0.25, 0.3) is 0 Å². The molecule has 0 amide bonds. The molecule has 1 rings (SSSR count). The van der Waals surface area contributed by atoms with Crippen molar-refractivity contribution < 1.29 is 5.06 Å². The second-order valence-corrected chi connectivity index (χ2v) is 2.51. The standard InChI is InChI=1S/C5H12N2O/c1-5-3-7(8)4-6(5)2/h5,7H,3-4H2,1-2H3. The van der Waals surface area contributed by atoms with E-state index < -0.39 is 0 Å². The SMILES string of the molecule is CC1C[NH+]([O-])CN1C. The third-order valence-electron chi connectivity index (χ3n) is 1.70. The van der Waals surface area contributed by atoms with Crippen molar-refractivity contribution in [2.75, 3.05) is 20.3 Å². The summed E-state index contributed by atoms with van der Waals surface area (Å²) in [5.74, 6) is 0. The summed E-state index contributed by atoms with van der Waals surface area (Å²) < 4.78 is 0. The lowest BCUT2D eigenvalue weighted by Crippen LogP contribution is -3.05. The Morgan fingerprint density at radius 3 is 2.50 bits per heavy atom. The Balaban J connectivity index is 2.39. The molecular weight excluding hydrogens is 104 g/mol. The van der Waals surface area contributed by atoms with Gasteiger partial charge in [0.1, 0.15) is 6.67 Å². The van der Waals surface area contributed by atoms with Crippen molar-refractivity contribution in [1.82, 2.24) is 4.90 Å². The molecule has 3 nitrogen and oxygen atoms in total. The van der Waals surface area contributed by atoms with Crippen LogP contribution in [0.5, 0.6) is 0 Å². The number of likely N-dealkylation sites (N-methyl/N-ethyl adjacent to an activating group) is 1. The Kier molecular flexibility index (Phi) is 1.51. The van der Waals surface area contributed by atoms with E-state index in [2.05, 4.69) is 11.8 Å². The molecule has 0 aromatic heterocycles. The Labute approximate surface area is 49.5 Å². The molecule has 0 saturated carbocycles. The molecule has 1 saturated heterocycles. The minimum absolute atomic E-state index is 0.375. The van der Waals surface area contributed by atoms with E-state index in [1.807, 2.05) is 7.05 Å². The molecule has 0 spiro atoms.